The zero-order chi connectivity index (χ0) is 19.3. The molecule has 0 bridgehead atoms. The van der Waals surface area contributed by atoms with E-state index in [4.69, 9.17) is 9.47 Å². The summed E-state index contributed by atoms with van der Waals surface area (Å²) in [5, 5.41) is 6.76. The van der Waals surface area contributed by atoms with Crippen molar-refractivity contribution in [3.05, 3.63) is 29.8 Å². The van der Waals surface area contributed by atoms with Crippen LogP contribution in [0.5, 0.6) is 0 Å². The Balaban J connectivity index is 1.60. The van der Waals surface area contributed by atoms with Crippen molar-refractivity contribution in [1.29, 1.82) is 0 Å². The van der Waals surface area contributed by atoms with Crippen LogP contribution in [0.15, 0.2) is 29.3 Å². The molecule has 0 spiro atoms. The lowest BCUT2D eigenvalue weighted by molar-refractivity contribution is -0.0320. The van der Waals surface area contributed by atoms with Gasteiger partial charge in [0.15, 0.2) is 5.96 Å². The summed E-state index contributed by atoms with van der Waals surface area (Å²) in [5.74, 6) is 0.848. The van der Waals surface area contributed by atoms with Crippen LogP contribution in [0.25, 0.3) is 0 Å². The third-order valence-corrected chi connectivity index (χ3v) is 4.78. The Bertz CT molecular complexity index is 559. The van der Waals surface area contributed by atoms with Crippen LogP contribution >= 0.6 is 0 Å². The summed E-state index contributed by atoms with van der Waals surface area (Å²) in [6.07, 6.45) is 3.39. The van der Waals surface area contributed by atoms with Crippen LogP contribution in [-0.4, -0.2) is 65.1 Å². The molecule has 2 rings (SSSR count). The summed E-state index contributed by atoms with van der Waals surface area (Å²) in [5.41, 5.74) is 2.56. The zero-order valence-corrected chi connectivity index (χ0v) is 17.2. The van der Waals surface area contributed by atoms with Gasteiger partial charge in [-0.2, -0.15) is 0 Å². The fraction of sp³-hybridized carbons (Fsp3) is 0.667. The SMILES string of the molecule is CCN(CCNC(=NC)NCCCOC1CCOCC1)c1cccc(C)c1. The molecule has 0 saturated carbocycles. The average Bonchev–Trinajstić information content (AvgIpc) is 2.70. The van der Waals surface area contributed by atoms with E-state index >= 15 is 0 Å². The molecule has 6 nitrogen and oxygen atoms in total. The maximum Gasteiger partial charge on any atom is 0.191 e. The molecule has 1 aliphatic heterocycles. The van der Waals surface area contributed by atoms with Crippen LogP contribution < -0.4 is 15.5 Å². The number of nitrogens with one attached hydrogen (secondary N) is 2. The smallest absolute Gasteiger partial charge is 0.191 e. The van der Waals surface area contributed by atoms with E-state index in [1.807, 2.05) is 7.05 Å². The maximum absolute atomic E-state index is 5.90. The number of anilines is 1. The number of guanidine groups is 1. The lowest BCUT2D eigenvalue weighted by Crippen LogP contribution is -2.42. The largest absolute Gasteiger partial charge is 0.381 e. The van der Waals surface area contributed by atoms with E-state index in [2.05, 4.69) is 58.6 Å². The number of rotatable bonds is 10. The minimum absolute atomic E-state index is 0.373. The molecule has 2 N–H and O–H groups in total. The highest BCUT2D eigenvalue weighted by Gasteiger charge is 2.13. The average molecular weight is 377 g/mol. The Morgan fingerprint density at radius 3 is 2.74 bits per heavy atom. The molecule has 152 valence electrons. The molecule has 0 aromatic heterocycles. The summed E-state index contributed by atoms with van der Waals surface area (Å²) in [6.45, 7) is 10.4. The quantitative estimate of drug-likeness (QED) is 0.373. The molecule has 0 aliphatic carbocycles. The Hall–Kier alpha value is -1.79. The van der Waals surface area contributed by atoms with Gasteiger partial charge in [0.1, 0.15) is 0 Å². The van der Waals surface area contributed by atoms with Gasteiger partial charge in [-0.1, -0.05) is 12.1 Å². The Morgan fingerprint density at radius 2 is 2.04 bits per heavy atom. The summed E-state index contributed by atoms with van der Waals surface area (Å²) >= 11 is 0. The third-order valence-electron chi connectivity index (χ3n) is 4.78. The van der Waals surface area contributed by atoms with Gasteiger partial charge in [-0.15, -0.1) is 0 Å². The summed E-state index contributed by atoms with van der Waals surface area (Å²) in [7, 11) is 1.81. The van der Waals surface area contributed by atoms with Gasteiger partial charge >= 0.3 is 0 Å². The molecule has 6 heteroatoms. The number of hydrogen-bond acceptors (Lipinski definition) is 4. The number of nitrogens with zero attached hydrogens (tertiary/aromatic N) is 2. The second kappa shape index (κ2) is 12.6. The molecular weight excluding hydrogens is 340 g/mol. The van der Waals surface area contributed by atoms with Crippen molar-refractivity contribution >= 4 is 11.6 Å². The summed E-state index contributed by atoms with van der Waals surface area (Å²) in [6, 6.07) is 8.65. The van der Waals surface area contributed by atoms with Crippen molar-refractivity contribution in [1.82, 2.24) is 10.6 Å². The molecule has 0 atom stereocenters. The van der Waals surface area contributed by atoms with E-state index < -0.39 is 0 Å². The van der Waals surface area contributed by atoms with Gasteiger partial charge in [-0.3, -0.25) is 4.99 Å². The minimum atomic E-state index is 0.373. The topological polar surface area (TPSA) is 58.1 Å². The highest BCUT2D eigenvalue weighted by Crippen LogP contribution is 2.15. The normalized spacial score (nSPS) is 15.6. The Kier molecular flexibility index (Phi) is 10.0. The van der Waals surface area contributed by atoms with Crippen molar-refractivity contribution in [3.63, 3.8) is 0 Å². The molecular formula is C21H36N4O2. The van der Waals surface area contributed by atoms with Crippen LogP contribution in [0.1, 0.15) is 31.7 Å². The second-order valence-corrected chi connectivity index (χ2v) is 6.88. The van der Waals surface area contributed by atoms with Gasteiger partial charge in [-0.05, 0) is 50.8 Å². The number of ether oxygens (including phenoxy) is 2. The van der Waals surface area contributed by atoms with E-state index in [1.54, 1.807) is 0 Å². The molecule has 1 fully saturated rings. The molecule has 1 saturated heterocycles. The van der Waals surface area contributed by atoms with Crippen molar-refractivity contribution in [2.45, 2.75) is 39.2 Å². The Morgan fingerprint density at radius 1 is 1.26 bits per heavy atom. The first kappa shape index (κ1) is 21.5. The van der Waals surface area contributed by atoms with Gasteiger partial charge in [0.2, 0.25) is 0 Å². The van der Waals surface area contributed by atoms with Crippen molar-refractivity contribution in [3.8, 4) is 0 Å². The fourth-order valence-corrected chi connectivity index (χ4v) is 3.20. The minimum Gasteiger partial charge on any atom is -0.381 e. The molecule has 0 amide bonds. The molecule has 27 heavy (non-hydrogen) atoms. The first-order valence-corrected chi connectivity index (χ1v) is 10.2. The lowest BCUT2D eigenvalue weighted by Gasteiger charge is -2.24. The highest BCUT2D eigenvalue weighted by molar-refractivity contribution is 5.79. The lowest BCUT2D eigenvalue weighted by atomic mass is 10.1. The number of likely N-dealkylation sites (N-methyl/N-ethyl adjacent to an activating group) is 1. The number of benzene rings is 1. The van der Waals surface area contributed by atoms with E-state index in [0.29, 0.717) is 6.10 Å². The summed E-state index contributed by atoms with van der Waals surface area (Å²) in [4.78, 5) is 6.67. The van der Waals surface area contributed by atoms with Crippen molar-refractivity contribution < 1.29 is 9.47 Å². The van der Waals surface area contributed by atoms with Crippen LogP contribution in [0.4, 0.5) is 5.69 Å². The van der Waals surface area contributed by atoms with Crippen molar-refractivity contribution in [2.75, 3.05) is 57.9 Å². The van der Waals surface area contributed by atoms with Gasteiger partial charge in [0.25, 0.3) is 0 Å². The molecule has 1 aromatic rings. The fourth-order valence-electron chi connectivity index (χ4n) is 3.20. The first-order chi connectivity index (χ1) is 13.2. The van der Waals surface area contributed by atoms with Gasteiger partial charge < -0.3 is 25.0 Å². The van der Waals surface area contributed by atoms with Crippen LogP contribution in [0.2, 0.25) is 0 Å². The Labute approximate surface area is 164 Å². The zero-order valence-electron chi connectivity index (χ0n) is 17.2. The number of aliphatic imine (C=N–C) groups is 1. The molecule has 1 aromatic carbocycles. The van der Waals surface area contributed by atoms with Crippen LogP contribution in [0.3, 0.4) is 0 Å². The predicted octanol–water partition coefficient (Wildman–Crippen LogP) is 2.57. The van der Waals surface area contributed by atoms with E-state index in [1.165, 1.54) is 11.3 Å². The maximum atomic E-state index is 5.90. The molecule has 1 heterocycles. The predicted molar refractivity (Wildman–Crippen MR) is 113 cm³/mol. The van der Waals surface area contributed by atoms with Gasteiger partial charge in [0.05, 0.1) is 6.10 Å². The number of aryl methyl sites for hydroxylation is 1. The van der Waals surface area contributed by atoms with E-state index in [9.17, 15) is 0 Å². The summed E-state index contributed by atoms with van der Waals surface area (Å²) < 4.78 is 11.2. The molecule has 1 aliphatic rings. The molecule has 0 radical (unpaired) electrons. The standard InChI is InChI=1S/C21H36N4O2/c1-4-25(19-8-5-7-18(2)17-19)13-12-24-21(22-3)23-11-6-14-27-20-9-15-26-16-10-20/h5,7-8,17,20H,4,6,9-16H2,1-3H3,(H2,22,23,24). The van der Waals surface area contributed by atoms with E-state index in [-0.39, 0.29) is 0 Å². The van der Waals surface area contributed by atoms with E-state index in [0.717, 1.165) is 71.2 Å². The highest BCUT2D eigenvalue weighted by atomic mass is 16.5. The monoisotopic (exact) mass is 376 g/mol. The van der Waals surface area contributed by atoms with Crippen LogP contribution in [0, 0.1) is 6.92 Å². The van der Waals surface area contributed by atoms with Gasteiger partial charge in [-0.25, -0.2) is 0 Å². The second-order valence-electron chi connectivity index (χ2n) is 6.88. The van der Waals surface area contributed by atoms with Crippen LogP contribution in [-0.2, 0) is 9.47 Å². The number of hydrogen-bond donors (Lipinski definition) is 2. The van der Waals surface area contributed by atoms with Gasteiger partial charge in [0, 0.05) is 58.7 Å². The van der Waals surface area contributed by atoms with Crippen molar-refractivity contribution in [2.24, 2.45) is 4.99 Å². The first-order valence-electron chi connectivity index (χ1n) is 10.2. The third kappa shape index (κ3) is 8.18. The molecule has 0 unspecified atom stereocenters.